The van der Waals surface area contributed by atoms with Crippen LogP contribution in [-0.4, -0.2) is 54.3 Å². The Hall–Kier alpha value is -2.37. The van der Waals surface area contributed by atoms with Crippen LogP contribution in [0.4, 0.5) is 0 Å². The molecule has 0 radical (unpaired) electrons. The molecule has 1 unspecified atom stereocenters. The van der Waals surface area contributed by atoms with Crippen molar-refractivity contribution in [3.8, 4) is 5.75 Å². The zero-order valence-electron chi connectivity index (χ0n) is 18.2. The normalized spacial score (nSPS) is 19.8. The van der Waals surface area contributed by atoms with E-state index in [0.29, 0.717) is 32.5 Å². The molecular weight excluding hydrogens is 376 g/mol. The highest BCUT2D eigenvalue weighted by Crippen LogP contribution is 2.25. The van der Waals surface area contributed by atoms with Crippen LogP contribution in [0.5, 0.6) is 5.75 Å². The van der Waals surface area contributed by atoms with Crippen molar-refractivity contribution in [2.24, 2.45) is 0 Å². The molecule has 1 atom stereocenters. The monoisotopic (exact) mass is 410 g/mol. The summed E-state index contributed by atoms with van der Waals surface area (Å²) in [6.45, 7) is 6.90. The van der Waals surface area contributed by atoms with Crippen molar-refractivity contribution in [3.05, 3.63) is 65.2 Å². The van der Waals surface area contributed by atoms with Crippen LogP contribution in [0.3, 0.4) is 0 Å². The number of carbonyl (C=O) groups excluding carboxylic acids is 1. The number of hydrogen-bond acceptors (Lipinski definition) is 4. The van der Waals surface area contributed by atoms with Gasteiger partial charge < -0.3 is 15.2 Å². The minimum absolute atomic E-state index is 0.0444. The quantitative estimate of drug-likeness (QED) is 0.701. The molecule has 162 valence electrons. The van der Waals surface area contributed by atoms with Crippen molar-refractivity contribution < 1.29 is 14.6 Å². The fourth-order valence-corrected chi connectivity index (χ4v) is 3.96. The summed E-state index contributed by atoms with van der Waals surface area (Å²) in [5.41, 5.74) is 2.66. The Labute approximate surface area is 180 Å². The third kappa shape index (κ3) is 6.85. The molecule has 0 saturated carbocycles. The average Bonchev–Trinajstić information content (AvgIpc) is 2.90. The van der Waals surface area contributed by atoms with Crippen LogP contribution in [0.2, 0.25) is 0 Å². The molecule has 1 aliphatic heterocycles. The smallest absolute Gasteiger partial charge is 0.234 e. The number of likely N-dealkylation sites (tertiary alicyclic amines) is 1. The third-order valence-corrected chi connectivity index (χ3v) is 5.78. The maximum atomic E-state index is 12.3. The van der Waals surface area contributed by atoms with Crippen LogP contribution in [0.25, 0.3) is 0 Å². The second-order valence-electron chi connectivity index (χ2n) is 8.50. The first-order valence-corrected chi connectivity index (χ1v) is 10.9. The van der Waals surface area contributed by atoms with Crippen molar-refractivity contribution in [1.29, 1.82) is 0 Å². The molecule has 5 heteroatoms. The van der Waals surface area contributed by atoms with E-state index in [1.807, 2.05) is 37.3 Å². The average molecular weight is 411 g/mol. The Kier molecular flexibility index (Phi) is 7.88. The maximum Gasteiger partial charge on any atom is 0.234 e. The Morgan fingerprint density at radius 2 is 1.93 bits per heavy atom. The standard InChI is InChI=1S/C25H34N2O3/c1-20-9-10-23(21(2)17-20)30-19-25(29)12-6-15-27(16-13-25)18-24(28)26-14-11-22-7-4-3-5-8-22/h3-5,7-10,17,29H,6,11-16,18-19H2,1-2H3,(H,26,28). The Balaban J connectivity index is 1.41. The van der Waals surface area contributed by atoms with Gasteiger partial charge in [-0.25, -0.2) is 0 Å². The predicted octanol–water partition coefficient (Wildman–Crippen LogP) is 3.26. The molecule has 5 nitrogen and oxygen atoms in total. The van der Waals surface area contributed by atoms with Crippen LogP contribution in [0.1, 0.15) is 36.0 Å². The van der Waals surface area contributed by atoms with Crippen LogP contribution < -0.4 is 10.1 Å². The van der Waals surface area contributed by atoms with Crippen LogP contribution in [0, 0.1) is 13.8 Å². The number of benzene rings is 2. The van der Waals surface area contributed by atoms with E-state index >= 15 is 0 Å². The molecule has 2 N–H and O–H groups in total. The van der Waals surface area contributed by atoms with E-state index in [-0.39, 0.29) is 12.5 Å². The maximum absolute atomic E-state index is 12.3. The fourth-order valence-electron chi connectivity index (χ4n) is 3.96. The lowest BCUT2D eigenvalue weighted by molar-refractivity contribution is -0.122. The summed E-state index contributed by atoms with van der Waals surface area (Å²) in [5, 5.41) is 14.0. The van der Waals surface area contributed by atoms with Crippen LogP contribution in [0.15, 0.2) is 48.5 Å². The van der Waals surface area contributed by atoms with Gasteiger partial charge in [-0.2, -0.15) is 0 Å². The van der Waals surface area contributed by atoms with E-state index in [9.17, 15) is 9.90 Å². The van der Waals surface area contributed by atoms with Crippen molar-refractivity contribution >= 4 is 5.91 Å². The van der Waals surface area contributed by atoms with Gasteiger partial charge in [0.25, 0.3) is 0 Å². The molecule has 1 heterocycles. The van der Waals surface area contributed by atoms with Gasteiger partial charge in [0.05, 0.1) is 12.1 Å². The third-order valence-electron chi connectivity index (χ3n) is 5.78. The summed E-state index contributed by atoms with van der Waals surface area (Å²) in [6, 6.07) is 16.2. The number of rotatable bonds is 8. The lowest BCUT2D eigenvalue weighted by Gasteiger charge is -2.27. The number of aryl methyl sites for hydroxylation is 2. The highest BCUT2D eigenvalue weighted by Gasteiger charge is 2.31. The second kappa shape index (κ2) is 10.6. The molecule has 2 aromatic carbocycles. The van der Waals surface area contributed by atoms with Gasteiger partial charge in [0.15, 0.2) is 0 Å². The van der Waals surface area contributed by atoms with Gasteiger partial charge in [0, 0.05) is 13.1 Å². The van der Waals surface area contributed by atoms with Gasteiger partial charge in [-0.1, -0.05) is 48.0 Å². The highest BCUT2D eigenvalue weighted by molar-refractivity contribution is 5.78. The van der Waals surface area contributed by atoms with E-state index < -0.39 is 5.60 Å². The van der Waals surface area contributed by atoms with Crippen LogP contribution >= 0.6 is 0 Å². The number of amides is 1. The molecular formula is C25H34N2O3. The van der Waals surface area contributed by atoms with Gasteiger partial charge >= 0.3 is 0 Å². The topological polar surface area (TPSA) is 61.8 Å². The van der Waals surface area contributed by atoms with Crippen molar-refractivity contribution in [3.63, 3.8) is 0 Å². The van der Waals surface area contributed by atoms with Crippen molar-refractivity contribution in [1.82, 2.24) is 10.2 Å². The number of ether oxygens (including phenoxy) is 1. The Morgan fingerprint density at radius 3 is 2.70 bits per heavy atom. The summed E-state index contributed by atoms with van der Waals surface area (Å²) >= 11 is 0. The number of nitrogens with zero attached hydrogens (tertiary/aromatic N) is 1. The SMILES string of the molecule is Cc1ccc(OCC2(O)CCCN(CC(=O)NCCc3ccccc3)CC2)c(C)c1. The zero-order valence-corrected chi connectivity index (χ0v) is 18.2. The summed E-state index contributed by atoms with van der Waals surface area (Å²) in [5.74, 6) is 0.871. The van der Waals surface area contributed by atoms with Gasteiger partial charge in [0.2, 0.25) is 5.91 Å². The van der Waals surface area contributed by atoms with E-state index in [2.05, 4.69) is 35.3 Å². The lowest BCUT2D eigenvalue weighted by atomic mass is 9.96. The number of aliphatic hydroxyl groups is 1. The van der Waals surface area contributed by atoms with Crippen LogP contribution in [-0.2, 0) is 11.2 Å². The second-order valence-corrected chi connectivity index (χ2v) is 8.50. The summed E-state index contributed by atoms with van der Waals surface area (Å²) in [6.07, 6.45) is 2.98. The molecule has 2 aromatic rings. The van der Waals surface area contributed by atoms with Crippen molar-refractivity contribution in [2.45, 2.75) is 45.1 Å². The number of carbonyl (C=O) groups is 1. The molecule has 1 fully saturated rings. The van der Waals surface area contributed by atoms with E-state index in [1.54, 1.807) is 0 Å². The molecule has 3 rings (SSSR count). The summed E-state index contributed by atoms with van der Waals surface area (Å²) < 4.78 is 5.95. The summed E-state index contributed by atoms with van der Waals surface area (Å²) in [7, 11) is 0. The molecule has 0 bridgehead atoms. The van der Waals surface area contributed by atoms with E-state index in [1.165, 1.54) is 11.1 Å². The van der Waals surface area contributed by atoms with Crippen molar-refractivity contribution in [2.75, 3.05) is 32.8 Å². The summed E-state index contributed by atoms with van der Waals surface area (Å²) in [4.78, 5) is 14.4. The Morgan fingerprint density at radius 1 is 1.13 bits per heavy atom. The largest absolute Gasteiger partial charge is 0.490 e. The molecule has 1 aliphatic rings. The number of hydrogen-bond donors (Lipinski definition) is 2. The first kappa shape index (κ1) is 22.3. The highest BCUT2D eigenvalue weighted by atomic mass is 16.5. The molecule has 30 heavy (non-hydrogen) atoms. The lowest BCUT2D eigenvalue weighted by Crippen LogP contribution is -2.40. The van der Waals surface area contributed by atoms with Gasteiger partial charge in [-0.3, -0.25) is 9.69 Å². The first-order chi connectivity index (χ1) is 14.4. The molecule has 0 aliphatic carbocycles. The minimum atomic E-state index is -0.851. The number of nitrogens with one attached hydrogen (secondary N) is 1. The van der Waals surface area contributed by atoms with E-state index in [4.69, 9.17) is 4.74 Å². The molecule has 0 spiro atoms. The van der Waals surface area contributed by atoms with Gasteiger partial charge in [-0.05, 0) is 63.3 Å². The molecule has 1 amide bonds. The van der Waals surface area contributed by atoms with E-state index in [0.717, 1.165) is 30.7 Å². The molecule has 1 saturated heterocycles. The fraction of sp³-hybridized carbons (Fsp3) is 0.480. The zero-order chi connectivity index (χ0) is 21.4. The van der Waals surface area contributed by atoms with Gasteiger partial charge in [-0.15, -0.1) is 0 Å². The van der Waals surface area contributed by atoms with Gasteiger partial charge in [0.1, 0.15) is 12.4 Å². The molecule has 0 aromatic heterocycles. The first-order valence-electron chi connectivity index (χ1n) is 10.9. The minimum Gasteiger partial charge on any atom is -0.490 e. The predicted molar refractivity (Wildman–Crippen MR) is 120 cm³/mol. The Bertz CT molecular complexity index is 824.